The van der Waals surface area contributed by atoms with Gasteiger partial charge in [-0.2, -0.15) is 0 Å². The summed E-state index contributed by atoms with van der Waals surface area (Å²) in [7, 11) is 0. The summed E-state index contributed by atoms with van der Waals surface area (Å²) in [4.78, 5) is 0. The molecule has 0 bridgehead atoms. The van der Waals surface area contributed by atoms with Gasteiger partial charge in [-0.05, 0) is 78.5 Å². The molecule has 0 aliphatic heterocycles. The second-order valence-electron chi connectivity index (χ2n) is 9.28. The van der Waals surface area contributed by atoms with Gasteiger partial charge in [0.05, 0.1) is 0 Å². The molecule has 3 saturated carbocycles. The Labute approximate surface area is 166 Å². The zero-order valence-electron chi connectivity index (χ0n) is 16.6. The number of hydrogen-bond acceptors (Lipinski definition) is 0. The van der Waals surface area contributed by atoms with E-state index in [1.165, 1.54) is 102 Å². The average molecular weight is 373 g/mol. The molecule has 0 heterocycles. The van der Waals surface area contributed by atoms with Gasteiger partial charge in [0, 0.05) is 5.88 Å². The van der Waals surface area contributed by atoms with E-state index in [0.717, 1.165) is 17.8 Å². The third kappa shape index (κ3) is 4.01. The first kappa shape index (κ1) is 18.9. The first-order valence-corrected chi connectivity index (χ1v) is 12.1. The summed E-state index contributed by atoms with van der Waals surface area (Å²) in [5.74, 6) is 3.14. The van der Waals surface area contributed by atoms with Crippen molar-refractivity contribution in [3.05, 3.63) is 34.4 Å². The molecule has 0 N–H and O–H groups in total. The van der Waals surface area contributed by atoms with Gasteiger partial charge >= 0.3 is 0 Å². The minimum atomic E-state index is 0.705. The van der Waals surface area contributed by atoms with E-state index in [0.29, 0.717) is 5.88 Å². The van der Waals surface area contributed by atoms with Gasteiger partial charge in [0.2, 0.25) is 0 Å². The van der Waals surface area contributed by atoms with Gasteiger partial charge in [-0.1, -0.05) is 69.9 Å². The van der Waals surface area contributed by atoms with E-state index in [2.05, 4.69) is 12.1 Å². The highest BCUT2D eigenvalue weighted by Gasteiger charge is 2.30. The SMILES string of the molecule is ClCc1ccc(C2CCCCC2)c(C2CCCCC2)c1C1CCCCC1. The Bertz CT molecular complexity index is 572. The minimum absolute atomic E-state index is 0.705. The molecule has 0 aromatic heterocycles. The molecule has 4 rings (SSSR count). The maximum Gasteiger partial charge on any atom is 0.0477 e. The van der Waals surface area contributed by atoms with Gasteiger partial charge in [0.25, 0.3) is 0 Å². The molecule has 0 radical (unpaired) electrons. The standard InChI is InChI=1S/C25H37Cl/c26-18-22-16-17-23(19-10-4-1-5-11-19)25(21-14-8-3-9-15-21)24(22)20-12-6-2-7-13-20/h16-17,19-21H,1-15,18H2. The molecule has 3 aliphatic carbocycles. The van der Waals surface area contributed by atoms with E-state index in [1.807, 2.05) is 5.56 Å². The Morgan fingerprint density at radius 3 is 1.54 bits per heavy atom. The van der Waals surface area contributed by atoms with Crippen molar-refractivity contribution in [3.63, 3.8) is 0 Å². The normalized spacial score (nSPS) is 24.0. The zero-order valence-corrected chi connectivity index (χ0v) is 17.3. The fourth-order valence-electron chi connectivity index (χ4n) is 6.30. The average Bonchev–Trinajstić information content (AvgIpc) is 2.74. The predicted molar refractivity (Wildman–Crippen MR) is 113 cm³/mol. The fourth-order valence-corrected chi connectivity index (χ4v) is 6.54. The molecule has 0 saturated heterocycles. The number of hydrogen-bond donors (Lipinski definition) is 0. The summed E-state index contributed by atoms with van der Waals surface area (Å²) in [5, 5.41) is 0. The van der Waals surface area contributed by atoms with Crippen molar-refractivity contribution >= 4 is 11.6 Å². The Kier molecular flexibility index (Phi) is 6.62. The smallest absolute Gasteiger partial charge is 0.0477 e. The fraction of sp³-hybridized carbons (Fsp3) is 0.760. The Morgan fingerprint density at radius 2 is 1.04 bits per heavy atom. The number of halogens is 1. The van der Waals surface area contributed by atoms with Crippen LogP contribution in [0.2, 0.25) is 0 Å². The van der Waals surface area contributed by atoms with Crippen molar-refractivity contribution in [2.75, 3.05) is 0 Å². The molecule has 0 atom stereocenters. The third-order valence-corrected chi connectivity index (χ3v) is 7.91. The summed E-state index contributed by atoms with van der Waals surface area (Å²) in [6.45, 7) is 0. The van der Waals surface area contributed by atoms with E-state index in [9.17, 15) is 0 Å². The van der Waals surface area contributed by atoms with Gasteiger partial charge in [0.15, 0.2) is 0 Å². The van der Waals surface area contributed by atoms with Crippen molar-refractivity contribution in [2.24, 2.45) is 0 Å². The summed E-state index contributed by atoms with van der Waals surface area (Å²) < 4.78 is 0. The van der Waals surface area contributed by atoms with Gasteiger partial charge in [0.1, 0.15) is 0 Å². The van der Waals surface area contributed by atoms with Gasteiger partial charge in [-0.25, -0.2) is 0 Å². The van der Waals surface area contributed by atoms with Gasteiger partial charge in [-0.15, -0.1) is 11.6 Å². The Balaban J connectivity index is 1.79. The van der Waals surface area contributed by atoms with Crippen LogP contribution in [0, 0.1) is 0 Å². The maximum absolute atomic E-state index is 6.50. The molecule has 144 valence electrons. The Morgan fingerprint density at radius 1 is 0.577 bits per heavy atom. The topological polar surface area (TPSA) is 0 Å². The molecule has 0 nitrogen and oxygen atoms in total. The van der Waals surface area contributed by atoms with Crippen LogP contribution in [0.15, 0.2) is 12.1 Å². The van der Waals surface area contributed by atoms with Crippen molar-refractivity contribution < 1.29 is 0 Å². The predicted octanol–water partition coefficient (Wildman–Crippen LogP) is 8.57. The van der Waals surface area contributed by atoms with Gasteiger partial charge in [-0.3, -0.25) is 0 Å². The summed E-state index contributed by atoms with van der Waals surface area (Å²) in [6.07, 6.45) is 21.4. The first-order valence-electron chi connectivity index (χ1n) is 11.6. The second-order valence-corrected chi connectivity index (χ2v) is 9.55. The van der Waals surface area contributed by atoms with Crippen molar-refractivity contribution in [2.45, 2.75) is 120 Å². The lowest BCUT2D eigenvalue weighted by molar-refractivity contribution is 0.403. The number of rotatable bonds is 4. The molecular formula is C25H37Cl. The van der Waals surface area contributed by atoms with Crippen LogP contribution >= 0.6 is 11.6 Å². The molecule has 0 unspecified atom stereocenters. The monoisotopic (exact) mass is 372 g/mol. The van der Waals surface area contributed by atoms with Crippen LogP contribution in [0.4, 0.5) is 0 Å². The van der Waals surface area contributed by atoms with Crippen LogP contribution in [0.1, 0.15) is 136 Å². The van der Waals surface area contributed by atoms with E-state index in [-0.39, 0.29) is 0 Å². The minimum Gasteiger partial charge on any atom is -0.122 e. The van der Waals surface area contributed by atoms with Crippen molar-refractivity contribution in [1.29, 1.82) is 0 Å². The van der Waals surface area contributed by atoms with E-state index in [1.54, 1.807) is 11.1 Å². The molecule has 1 aromatic rings. The van der Waals surface area contributed by atoms with Crippen LogP contribution in [0.5, 0.6) is 0 Å². The molecule has 3 aliphatic rings. The summed E-state index contributed by atoms with van der Waals surface area (Å²) in [6, 6.07) is 4.94. The molecule has 26 heavy (non-hydrogen) atoms. The van der Waals surface area contributed by atoms with Crippen LogP contribution in [0.25, 0.3) is 0 Å². The third-order valence-electron chi connectivity index (χ3n) is 7.63. The second kappa shape index (κ2) is 9.13. The van der Waals surface area contributed by atoms with Crippen LogP contribution in [-0.2, 0) is 5.88 Å². The van der Waals surface area contributed by atoms with Crippen molar-refractivity contribution in [3.8, 4) is 0 Å². The molecule has 3 fully saturated rings. The lowest BCUT2D eigenvalue weighted by atomic mass is 9.70. The summed E-state index contributed by atoms with van der Waals surface area (Å²) >= 11 is 6.50. The maximum atomic E-state index is 6.50. The molecule has 1 aromatic carbocycles. The van der Waals surface area contributed by atoms with Crippen molar-refractivity contribution in [1.82, 2.24) is 0 Å². The molecular weight excluding hydrogens is 336 g/mol. The van der Waals surface area contributed by atoms with E-state index < -0.39 is 0 Å². The quantitative estimate of drug-likeness (QED) is 0.464. The first-order chi connectivity index (χ1) is 12.9. The van der Waals surface area contributed by atoms with Gasteiger partial charge < -0.3 is 0 Å². The lowest BCUT2D eigenvalue weighted by Crippen LogP contribution is -2.19. The number of benzene rings is 1. The highest BCUT2D eigenvalue weighted by atomic mass is 35.5. The van der Waals surface area contributed by atoms with Crippen LogP contribution in [-0.4, -0.2) is 0 Å². The zero-order chi connectivity index (χ0) is 17.8. The lowest BCUT2D eigenvalue weighted by Gasteiger charge is -2.35. The highest BCUT2D eigenvalue weighted by molar-refractivity contribution is 6.17. The summed E-state index contributed by atoms with van der Waals surface area (Å²) in [5.41, 5.74) is 6.79. The molecule has 0 spiro atoms. The van der Waals surface area contributed by atoms with Crippen LogP contribution < -0.4 is 0 Å². The van der Waals surface area contributed by atoms with E-state index in [4.69, 9.17) is 11.6 Å². The molecule has 1 heteroatoms. The highest BCUT2D eigenvalue weighted by Crippen LogP contribution is 2.47. The van der Waals surface area contributed by atoms with E-state index >= 15 is 0 Å². The molecule has 0 amide bonds. The number of alkyl halides is 1. The largest absolute Gasteiger partial charge is 0.122 e. The Hall–Kier alpha value is -0.490. The van der Waals surface area contributed by atoms with Crippen LogP contribution in [0.3, 0.4) is 0 Å².